The van der Waals surface area contributed by atoms with E-state index in [0.717, 1.165) is 75.7 Å². The fourth-order valence-electron chi connectivity index (χ4n) is 17.9. The Morgan fingerprint density at radius 2 is 0.531 bits per heavy atom. The molecule has 532 valence electrons. The van der Waals surface area contributed by atoms with Gasteiger partial charge in [0.15, 0.2) is 23.3 Å². The third kappa shape index (κ3) is 11.1. The fraction of sp³-hybridized carbons (Fsp3) is 0.0392. The number of halogens is 1. The summed E-state index contributed by atoms with van der Waals surface area (Å²) < 4.78 is 7.21. The SMILES string of the molecule is Clc1nc(-c2ccccc2)nc(-c2ccccc2)n1.c1ccc(-c2nc(-c3ccccc3)nc(-n3c4ccccc4c4c5cc6c(cc5c5c7ccccc7n(-c7ccccc7)c5c43)Cc3ccccc3C6)n2)cc1.c1ccc(-n2c3ccccc3c3c4cc5c(cc4c4c6ccccc6[nH]c4c32)Cc2ccccc2C5)cc1. The molecule has 0 unspecified atom stereocenters. The van der Waals surface area contributed by atoms with Crippen molar-refractivity contribution < 1.29 is 0 Å². The van der Waals surface area contributed by atoms with Gasteiger partial charge in [-0.15, -0.1) is 0 Å². The second kappa shape index (κ2) is 27.0. The molecule has 16 aromatic carbocycles. The molecule has 0 saturated carbocycles. The van der Waals surface area contributed by atoms with Gasteiger partial charge in [-0.2, -0.15) is 19.9 Å². The zero-order valence-corrected chi connectivity index (χ0v) is 62.0. The van der Waals surface area contributed by atoms with Gasteiger partial charge in [0, 0.05) is 82.2 Å². The Morgan fingerprint density at radius 3 is 0.929 bits per heavy atom. The second-order valence-corrected chi connectivity index (χ2v) is 29.7. The minimum absolute atomic E-state index is 0.202. The average molecular weight is 1470 g/mol. The molecule has 10 nitrogen and oxygen atoms in total. The van der Waals surface area contributed by atoms with Gasteiger partial charge in [0.1, 0.15) is 0 Å². The highest BCUT2D eigenvalue weighted by Gasteiger charge is 2.30. The highest BCUT2D eigenvalue weighted by atomic mass is 35.5. The number of H-pyrrole nitrogens is 1. The summed E-state index contributed by atoms with van der Waals surface area (Å²) in [7, 11) is 0. The van der Waals surface area contributed by atoms with Crippen molar-refractivity contribution in [1.82, 2.24) is 48.6 Å². The molecule has 0 radical (unpaired) electrons. The number of aromatic amines is 1. The van der Waals surface area contributed by atoms with Crippen LogP contribution in [0.3, 0.4) is 0 Å². The van der Waals surface area contributed by atoms with Gasteiger partial charge in [0.05, 0.1) is 38.6 Å². The highest BCUT2D eigenvalue weighted by molar-refractivity contribution is 6.38. The van der Waals surface area contributed by atoms with Gasteiger partial charge in [-0.3, -0.25) is 4.57 Å². The third-order valence-electron chi connectivity index (χ3n) is 22.9. The molecule has 0 fully saturated rings. The van der Waals surface area contributed by atoms with Gasteiger partial charge < -0.3 is 14.1 Å². The first-order valence-corrected chi connectivity index (χ1v) is 38.8. The number of nitrogens with one attached hydrogen (secondary N) is 1. The molecule has 1 N–H and O–H groups in total. The van der Waals surface area contributed by atoms with Crippen LogP contribution in [0.2, 0.25) is 5.28 Å². The molecule has 2 aliphatic carbocycles. The van der Waals surface area contributed by atoms with Crippen molar-refractivity contribution in [3.05, 3.63) is 402 Å². The Labute approximate surface area is 654 Å². The third-order valence-corrected chi connectivity index (χ3v) is 23.1. The van der Waals surface area contributed by atoms with E-state index in [1.165, 1.54) is 137 Å². The van der Waals surface area contributed by atoms with Crippen LogP contribution < -0.4 is 0 Å². The molecule has 0 atom stereocenters. The average Bonchev–Trinajstić information content (AvgIpc) is 1.50. The monoisotopic (exact) mass is 1470 g/mol. The van der Waals surface area contributed by atoms with Gasteiger partial charge in [-0.05, 0) is 176 Å². The maximum absolute atomic E-state index is 5.99. The molecule has 2 aliphatic rings. The number of benzene rings is 16. The van der Waals surface area contributed by atoms with Gasteiger partial charge in [-0.25, -0.2) is 9.97 Å². The smallest absolute Gasteiger partial charge is 0.238 e. The fourth-order valence-corrected chi connectivity index (χ4v) is 18.1. The van der Waals surface area contributed by atoms with Crippen molar-refractivity contribution in [3.8, 4) is 62.9 Å². The van der Waals surface area contributed by atoms with Crippen LogP contribution in [0.15, 0.2) is 352 Å². The zero-order valence-electron chi connectivity index (χ0n) is 61.2. The highest BCUT2D eigenvalue weighted by Crippen LogP contribution is 2.50. The lowest BCUT2D eigenvalue weighted by Gasteiger charge is -2.21. The molecule has 24 rings (SSSR count). The number of hydrogen-bond acceptors (Lipinski definition) is 6. The Morgan fingerprint density at radius 1 is 0.239 bits per heavy atom. The van der Waals surface area contributed by atoms with E-state index in [1.54, 1.807) is 0 Å². The Bertz CT molecular complexity index is 7430. The molecule has 11 heteroatoms. The summed E-state index contributed by atoms with van der Waals surface area (Å²) in [6.45, 7) is 0. The molecule has 22 aromatic rings. The topological polar surface area (TPSA) is 108 Å². The summed E-state index contributed by atoms with van der Waals surface area (Å²) in [5.41, 5.74) is 26.7. The molecule has 0 aliphatic heterocycles. The normalized spacial score (nSPS) is 12.3. The lowest BCUT2D eigenvalue weighted by molar-refractivity contribution is 0.953. The van der Waals surface area contributed by atoms with Crippen LogP contribution in [0.1, 0.15) is 44.5 Å². The Hall–Kier alpha value is -14.5. The second-order valence-electron chi connectivity index (χ2n) is 29.4. The Balaban J connectivity index is 0.000000117. The predicted molar refractivity (Wildman–Crippen MR) is 464 cm³/mol. The van der Waals surface area contributed by atoms with Crippen LogP contribution in [0.25, 0.3) is 172 Å². The number of para-hydroxylation sites is 6. The van der Waals surface area contributed by atoms with E-state index < -0.39 is 0 Å². The molecule has 6 aromatic heterocycles. The van der Waals surface area contributed by atoms with Crippen LogP contribution >= 0.6 is 11.6 Å². The maximum atomic E-state index is 5.99. The van der Waals surface area contributed by atoms with Crippen LogP contribution in [-0.4, -0.2) is 48.6 Å². The van der Waals surface area contributed by atoms with E-state index in [0.29, 0.717) is 29.2 Å². The number of fused-ring (bicyclic) bond motifs is 24. The summed E-state index contributed by atoms with van der Waals surface area (Å²) in [6, 6.07) is 125. The molecular formula is C102H67ClN10. The summed E-state index contributed by atoms with van der Waals surface area (Å²) in [5.74, 6) is 3.02. The van der Waals surface area contributed by atoms with Gasteiger partial charge in [0.2, 0.25) is 11.2 Å². The number of hydrogen-bond donors (Lipinski definition) is 1. The molecule has 0 bridgehead atoms. The zero-order chi connectivity index (χ0) is 74.6. The van der Waals surface area contributed by atoms with E-state index in [2.05, 4.69) is 288 Å². The largest absolute Gasteiger partial charge is 0.353 e. The van der Waals surface area contributed by atoms with E-state index >= 15 is 0 Å². The van der Waals surface area contributed by atoms with Crippen molar-refractivity contribution in [1.29, 1.82) is 0 Å². The quantitative estimate of drug-likeness (QED) is 0.170. The number of aromatic nitrogens is 10. The molecule has 6 heterocycles. The van der Waals surface area contributed by atoms with Crippen LogP contribution in [0.4, 0.5) is 0 Å². The van der Waals surface area contributed by atoms with E-state index in [4.69, 9.17) is 26.6 Å². The number of rotatable bonds is 7. The molecule has 0 saturated heterocycles. The minimum Gasteiger partial charge on any atom is -0.353 e. The van der Waals surface area contributed by atoms with Crippen LogP contribution in [0, 0.1) is 0 Å². The minimum atomic E-state index is 0.202. The Kier molecular flexibility index (Phi) is 15.7. The van der Waals surface area contributed by atoms with E-state index in [1.807, 2.05) is 97.1 Å². The van der Waals surface area contributed by atoms with Gasteiger partial charge in [0.25, 0.3) is 0 Å². The first kappa shape index (κ1) is 65.6. The van der Waals surface area contributed by atoms with E-state index in [-0.39, 0.29) is 5.28 Å². The lowest BCUT2D eigenvalue weighted by Crippen LogP contribution is -2.08. The predicted octanol–water partition coefficient (Wildman–Crippen LogP) is 25.0. The van der Waals surface area contributed by atoms with Crippen molar-refractivity contribution in [2.45, 2.75) is 25.7 Å². The van der Waals surface area contributed by atoms with Gasteiger partial charge in [-0.1, -0.05) is 279 Å². The standard InChI is InChI=1S/C51H33N5.C36H24N2.C15H10ClN3/c1-4-16-32(17-5-1)49-52-50(33-18-6-2-7-19-33)54-51(53-49)56-44-27-15-13-25-40(44)46-42-31-37-29-35-21-11-10-20-34(35)28-36(37)30-41(42)45-39-24-12-14-26-43(39)55(47(45)48(46)56)38-22-8-3-9-23-38;1-2-12-26(13-3-1)38-32-17-9-7-15-28(32)34-30-21-25-19-23-11-5-4-10-22(23)18-24(25)20-29(30)33-27-14-6-8-16-31(27)37-35(33)36(34)38;16-15-18-13(11-7-3-1-4-8-11)17-14(19-15)12-9-5-2-6-10-12/h1-27,30-31H,28-29H2;1-17,20-21,37H,18-19H2;1-10H. The summed E-state index contributed by atoms with van der Waals surface area (Å²) in [6.07, 6.45) is 3.83. The van der Waals surface area contributed by atoms with Crippen molar-refractivity contribution in [2.75, 3.05) is 0 Å². The van der Waals surface area contributed by atoms with Crippen LogP contribution in [-0.2, 0) is 25.7 Å². The first-order valence-electron chi connectivity index (χ1n) is 38.5. The van der Waals surface area contributed by atoms with Gasteiger partial charge >= 0.3 is 0 Å². The molecule has 0 amide bonds. The van der Waals surface area contributed by atoms with Crippen molar-refractivity contribution >= 4 is 120 Å². The number of nitrogens with zero attached hydrogens (tertiary/aromatic N) is 9. The van der Waals surface area contributed by atoms with Crippen molar-refractivity contribution in [3.63, 3.8) is 0 Å². The molecule has 113 heavy (non-hydrogen) atoms. The summed E-state index contributed by atoms with van der Waals surface area (Å²) >= 11 is 5.99. The summed E-state index contributed by atoms with van der Waals surface area (Å²) in [5, 5.41) is 15.5. The summed E-state index contributed by atoms with van der Waals surface area (Å²) in [4.78, 5) is 32.4. The van der Waals surface area contributed by atoms with Crippen LogP contribution in [0.5, 0.6) is 0 Å². The lowest BCUT2D eigenvalue weighted by atomic mass is 9.83. The molecular weight excluding hydrogens is 1400 g/mol. The van der Waals surface area contributed by atoms with Crippen molar-refractivity contribution in [2.24, 2.45) is 0 Å². The van der Waals surface area contributed by atoms with E-state index in [9.17, 15) is 0 Å². The first-order chi connectivity index (χ1) is 56.0. The molecule has 0 spiro atoms. The maximum Gasteiger partial charge on any atom is 0.238 e.